The fraction of sp³-hybridized carbons (Fsp3) is 0.375. The minimum absolute atomic E-state index is 0.194. The number of aryl methyl sites for hydroxylation is 1. The fourth-order valence-electron chi connectivity index (χ4n) is 2.08. The Morgan fingerprint density at radius 3 is 2.77 bits per heavy atom. The van der Waals surface area contributed by atoms with Crippen LogP contribution in [0.1, 0.15) is 17.7 Å². The molecule has 22 heavy (non-hydrogen) atoms. The van der Waals surface area contributed by atoms with Crippen molar-refractivity contribution in [3.63, 3.8) is 0 Å². The number of hydrogen-bond donors (Lipinski definition) is 2. The number of rotatable bonds is 7. The lowest BCUT2D eigenvalue weighted by atomic mass is 10.2. The van der Waals surface area contributed by atoms with Crippen molar-refractivity contribution in [2.24, 2.45) is 0 Å². The number of amides is 2. The van der Waals surface area contributed by atoms with Crippen molar-refractivity contribution in [2.75, 3.05) is 25.5 Å². The van der Waals surface area contributed by atoms with E-state index < -0.39 is 0 Å². The van der Waals surface area contributed by atoms with E-state index in [1.54, 1.807) is 0 Å². The van der Waals surface area contributed by atoms with Crippen LogP contribution in [-0.2, 0) is 6.54 Å². The van der Waals surface area contributed by atoms with Gasteiger partial charge in [0.25, 0.3) is 0 Å². The zero-order valence-electron chi connectivity index (χ0n) is 13.0. The second-order valence-corrected chi connectivity index (χ2v) is 6.11. The van der Waals surface area contributed by atoms with E-state index in [9.17, 15) is 4.79 Å². The van der Waals surface area contributed by atoms with Crippen LogP contribution in [-0.4, -0.2) is 36.1 Å². The predicted octanol–water partition coefficient (Wildman–Crippen LogP) is 3.10. The molecule has 2 aromatic rings. The summed E-state index contributed by atoms with van der Waals surface area (Å²) in [5.74, 6) is 0. The summed E-state index contributed by atoms with van der Waals surface area (Å²) < 4.78 is 0. The number of carbonyl (C=O) groups is 1. The van der Waals surface area contributed by atoms with E-state index in [1.165, 1.54) is 16.9 Å². The summed E-state index contributed by atoms with van der Waals surface area (Å²) in [6.45, 7) is 4.41. The molecule has 1 aromatic heterocycles. The Labute approximate surface area is 135 Å². The van der Waals surface area contributed by atoms with Crippen LogP contribution in [0.2, 0.25) is 0 Å². The SMILES string of the molecule is Cc1csc(NC(=O)NCCCN(C)Cc2ccccc2)n1. The van der Waals surface area contributed by atoms with Crippen LogP contribution in [0.3, 0.4) is 0 Å². The minimum Gasteiger partial charge on any atom is -0.338 e. The molecular weight excluding hydrogens is 296 g/mol. The molecule has 5 nitrogen and oxygen atoms in total. The second-order valence-electron chi connectivity index (χ2n) is 5.25. The third-order valence-corrected chi connectivity index (χ3v) is 4.01. The molecule has 0 radical (unpaired) electrons. The maximum Gasteiger partial charge on any atom is 0.321 e. The van der Waals surface area contributed by atoms with Crippen LogP contribution in [0, 0.1) is 6.92 Å². The summed E-state index contributed by atoms with van der Waals surface area (Å²) in [5.41, 5.74) is 2.22. The summed E-state index contributed by atoms with van der Waals surface area (Å²) in [7, 11) is 2.09. The van der Waals surface area contributed by atoms with Crippen molar-refractivity contribution in [1.82, 2.24) is 15.2 Å². The van der Waals surface area contributed by atoms with Crippen molar-refractivity contribution < 1.29 is 4.79 Å². The normalized spacial score (nSPS) is 10.7. The lowest BCUT2D eigenvalue weighted by Crippen LogP contribution is -2.31. The van der Waals surface area contributed by atoms with Gasteiger partial charge < -0.3 is 10.2 Å². The molecule has 2 rings (SSSR count). The number of urea groups is 1. The number of hydrogen-bond acceptors (Lipinski definition) is 4. The summed E-state index contributed by atoms with van der Waals surface area (Å²) in [4.78, 5) is 18.1. The molecule has 0 aliphatic carbocycles. The van der Waals surface area contributed by atoms with Crippen LogP contribution in [0.5, 0.6) is 0 Å². The monoisotopic (exact) mass is 318 g/mol. The lowest BCUT2D eigenvalue weighted by molar-refractivity contribution is 0.250. The van der Waals surface area contributed by atoms with Crippen LogP contribution in [0.4, 0.5) is 9.93 Å². The van der Waals surface area contributed by atoms with Gasteiger partial charge in [-0.05, 0) is 32.5 Å². The maximum absolute atomic E-state index is 11.7. The van der Waals surface area contributed by atoms with E-state index in [1.807, 2.05) is 18.4 Å². The Morgan fingerprint density at radius 1 is 1.32 bits per heavy atom. The topological polar surface area (TPSA) is 57.3 Å². The molecule has 0 atom stereocenters. The molecular formula is C16H22N4OS. The smallest absolute Gasteiger partial charge is 0.321 e. The van der Waals surface area contributed by atoms with Gasteiger partial charge in [0.2, 0.25) is 0 Å². The number of aromatic nitrogens is 1. The number of carbonyl (C=O) groups excluding carboxylic acids is 1. The van der Waals surface area contributed by atoms with Gasteiger partial charge in [-0.25, -0.2) is 9.78 Å². The van der Waals surface area contributed by atoms with Crippen LogP contribution in [0.25, 0.3) is 0 Å². The van der Waals surface area contributed by atoms with Gasteiger partial charge in [0.1, 0.15) is 0 Å². The van der Waals surface area contributed by atoms with Gasteiger partial charge in [0.15, 0.2) is 5.13 Å². The molecule has 2 N–H and O–H groups in total. The molecule has 0 saturated carbocycles. The average Bonchev–Trinajstić information content (AvgIpc) is 2.90. The standard InChI is InChI=1S/C16H22N4OS/c1-13-12-22-16(18-13)19-15(21)17-9-6-10-20(2)11-14-7-4-3-5-8-14/h3-5,7-8,12H,6,9-11H2,1-2H3,(H2,17,18,19,21). The Kier molecular flexibility index (Phi) is 6.36. The maximum atomic E-state index is 11.7. The fourth-order valence-corrected chi connectivity index (χ4v) is 2.76. The van der Waals surface area contributed by atoms with Crippen molar-refractivity contribution in [3.05, 3.63) is 47.0 Å². The first-order chi connectivity index (χ1) is 10.6. The Hall–Kier alpha value is -1.92. The zero-order chi connectivity index (χ0) is 15.8. The van der Waals surface area contributed by atoms with Crippen molar-refractivity contribution in [1.29, 1.82) is 0 Å². The molecule has 2 amide bonds. The largest absolute Gasteiger partial charge is 0.338 e. The van der Waals surface area contributed by atoms with Gasteiger partial charge in [-0.2, -0.15) is 0 Å². The predicted molar refractivity (Wildman–Crippen MR) is 91.3 cm³/mol. The van der Waals surface area contributed by atoms with Gasteiger partial charge in [0.05, 0.1) is 5.69 Å². The first kappa shape index (κ1) is 16.5. The second kappa shape index (κ2) is 8.51. The number of benzene rings is 1. The van der Waals surface area contributed by atoms with E-state index in [-0.39, 0.29) is 6.03 Å². The van der Waals surface area contributed by atoms with E-state index in [0.717, 1.165) is 25.2 Å². The van der Waals surface area contributed by atoms with Crippen molar-refractivity contribution >= 4 is 22.5 Å². The van der Waals surface area contributed by atoms with E-state index in [4.69, 9.17) is 0 Å². The minimum atomic E-state index is -0.194. The molecule has 0 unspecified atom stereocenters. The van der Waals surface area contributed by atoms with Gasteiger partial charge in [-0.1, -0.05) is 30.3 Å². The van der Waals surface area contributed by atoms with E-state index in [0.29, 0.717) is 11.7 Å². The Balaban J connectivity index is 1.59. The molecule has 0 aliphatic rings. The Bertz CT molecular complexity index is 585. The van der Waals surface area contributed by atoms with Gasteiger partial charge >= 0.3 is 6.03 Å². The summed E-state index contributed by atoms with van der Waals surface area (Å²) in [5, 5.41) is 8.13. The Morgan fingerprint density at radius 2 is 2.09 bits per heavy atom. The highest BCUT2D eigenvalue weighted by atomic mass is 32.1. The number of anilines is 1. The van der Waals surface area contributed by atoms with Crippen LogP contribution < -0.4 is 10.6 Å². The number of nitrogens with zero attached hydrogens (tertiary/aromatic N) is 2. The molecule has 1 heterocycles. The molecule has 1 aromatic carbocycles. The molecule has 0 bridgehead atoms. The van der Waals surface area contributed by atoms with Crippen molar-refractivity contribution in [3.8, 4) is 0 Å². The summed E-state index contributed by atoms with van der Waals surface area (Å²) in [6.07, 6.45) is 0.910. The van der Waals surface area contributed by atoms with Crippen LogP contribution in [0.15, 0.2) is 35.7 Å². The summed E-state index contributed by atoms with van der Waals surface area (Å²) >= 11 is 1.43. The molecule has 0 saturated heterocycles. The molecule has 118 valence electrons. The average molecular weight is 318 g/mol. The van der Waals surface area contributed by atoms with Gasteiger partial charge in [0, 0.05) is 18.5 Å². The van der Waals surface area contributed by atoms with Gasteiger partial charge in [-0.3, -0.25) is 5.32 Å². The first-order valence-corrected chi connectivity index (χ1v) is 8.21. The summed E-state index contributed by atoms with van der Waals surface area (Å²) in [6, 6.07) is 10.2. The third-order valence-electron chi connectivity index (χ3n) is 3.14. The highest BCUT2D eigenvalue weighted by molar-refractivity contribution is 7.13. The number of nitrogens with one attached hydrogen (secondary N) is 2. The third kappa shape index (κ3) is 5.83. The lowest BCUT2D eigenvalue weighted by Gasteiger charge is -2.16. The quantitative estimate of drug-likeness (QED) is 0.771. The first-order valence-electron chi connectivity index (χ1n) is 7.33. The van der Waals surface area contributed by atoms with E-state index in [2.05, 4.69) is 51.8 Å². The zero-order valence-corrected chi connectivity index (χ0v) is 13.8. The number of thiazole rings is 1. The molecule has 0 spiro atoms. The van der Waals surface area contributed by atoms with Crippen molar-refractivity contribution in [2.45, 2.75) is 19.9 Å². The molecule has 6 heteroatoms. The van der Waals surface area contributed by atoms with E-state index >= 15 is 0 Å². The highest BCUT2D eigenvalue weighted by Crippen LogP contribution is 2.13. The van der Waals surface area contributed by atoms with Crippen LogP contribution >= 0.6 is 11.3 Å². The molecule has 0 fully saturated rings. The van der Waals surface area contributed by atoms with Gasteiger partial charge in [-0.15, -0.1) is 11.3 Å². The highest BCUT2D eigenvalue weighted by Gasteiger charge is 2.04. The molecule has 0 aliphatic heterocycles.